The number of fused-ring (bicyclic) bond motifs is 1. The Bertz CT molecular complexity index is 1640. The summed E-state index contributed by atoms with van der Waals surface area (Å²) in [4.78, 5) is 12.6. The third-order valence-corrected chi connectivity index (χ3v) is 7.21. The van der Waals surface area contributed by atoms with Crippen molar-refractivity contribution in [1.29, 1.82) is 0 Å². The summed E-state index contributed by atoms with van der Waals surface area (Å²) in [5.41, 5.74) is 2.97. The smallest absolute Gasteiger partial charge is 0.184 e. The second kappa shape index (κ2) is 9.23. The minimum absolute atomic E-state index is 0.204. The molecule has 2 aromatic heterocycles. The molecule has 0 saturated carbocycles. The maximum absolute atomic E-state index is 13.5. The molecule has 174 valence electrons. The van der Waals surface area contributed by atoms with Crippen molar-refractivity contribution in [2.24, 2.45) is 0 Å². The minimum Gasteiger partial charge on any atom is -0.457 e. The first-order valence-corrected chi connectivity index (χ1v) is 12.5. The van der Waals surface area contributed by atoms with Crippen LogP contribution in [0.4, 0.5) is 4.39 Å². The number of hydrogen-bond donors (Lipinski definition) is 0. The number of aryl methyl sites for hydroxylation is 1. The van der Waals surface area contributed by atoms with E-state index in [-0.39, 0.29) is 16.5 Å². The van der Waals surface area contributed by atoms with Crippen molar-refractivity contribution < 1.29 is 17.5 Å². The monoisotopic (exact) mass is 485 g/mol. The summed E-state index contributed by atoms with van der Waals surface area (Å²) < 4.78 is 45.1. The second-order valence-electron chi connectivity index (χ2n) is 8.04. The lowest BCUT2D eigenvalue weighted by atomic mass is 10.00. The van der Waals surface area contributed by atoms with E-state index in [0.717, 1.165) is 27.6 Å². The number of pyridine rings is 1. The highest BCUT2D eigenvalue weighted by atomic mass is 32.2. The number of halogens is 1. The van der Waals surface area contributed by atoms with Crippen LogP contribution in [-0.4, -0.2) is 23.4 Å². The molecular formula is C27H20FN3O3S. The van der Waals surface area contributed by atoms with Crippen molar-refractivity contribution >= 4 is 20.6 Å². The van der Waals surface area contributed by atoms with Gasteiger partial charge in [0.1, 0.15) is 23.6 Å². The van der Waals surface area contributed by atoms with E-state index < -0.39 is 9.84 Å². The molecule has 0 aliphatic rings. The van der Waals surface area contributed by atoms with Crippen molar-refractivity contribution in [3.8, 4) is 22.8 Å². The molecule has 8 heteroatoms. The quantitative estimate of drug-likeness (QED) is 0.298. The molecule has 0 amide bonds. The summed E-state index contributed by atoms with van der Waals surface area (Å²) in [6.45, 7) is 1.94. The van der Waals surface area contributed by atoms with E-state index in [1.54, 1.807) is 54.7 Å². The summed E-state index contributed by atoms with van der Waals surface area (Å²) in [5, 5.41) is 1.59. The molecule has 3 aromatic carbocycles. The van der Waals surface area contributed by atoms with E-state index in [1.807, 2.05) is 19.1 Å². The van der Waals surface area contributed by atoms with Gasteiger partial charge in [0, 0.05) is 29.4 Å². The van der Waals surface area contributed by atoms with Gasteiger partial charge in [-0.3, -0.25) is 4.98 Å². The van der Waals surface area contributed by atoms with Crippen LogP contribution in [0.15, 0.2) is 96.4 Å². The third kappa shape index (κ3) is 4.88. The fourth-order valence-electron chi connectivity index (χ4n) is 3.88. The lowest BCUT2D eigenvalue weighted by Gasteiger charge is -2.12. The van der Waals surface area contributed by atoms with E-state index in [2.05, 4.69) is 15.0 Å². The SMILES string of the molecule is Cc1cc(Oc2cccc(F)c2)ccc1-c1nccc2cc(S(=O)(=O)Cc3ccncn3)ccc12. The molecule has 0 saturated heterocycles. The highest BCUT2D eigenvalue weighted by Crippen LogP contribution is 2.33. The van der Waals surface area contributed by atoms with Gasteiger partial charge in [-0.1, -0.05) is 12.1 Å². The fourth-order valence-corrected chi connectivity index (χ4v) is 5.19. The van der Waals surface area contributed by atoms with Crippen LogP contribution in [0.1, 0.15) is 11.3 Å². The molecule has 0 spiro atoms. The lowest BCUT2D eigenvalue weighted by molar-refractivity contribution is 0.476. The second-order valence-corrected chi connectivity index (χ2v) is 10.0. The molecule has 5 rings (SSSR count). The van der Waals surface area contributed by atoms with Gasteiger partial charge in [0.15, 0.2) is 9.84 Å². The summed E-state index contributed by atoms with van der Waals surface area (Å²) in [5.74, 6) is 0.422. The number of benzene rings is 3. The Hall–Kier alpha value is -4.17. The molecule has 35 heavy (non-hydrogen) atoms. The van der Waals surface area contributed by atoms with Gasteiger partial charge in [0.2, 0.25) is 0 Å². The maximum atomic E-state index is 13.5. The number of hydrogen-bond acceptors (Lipinski definition) is 6. The van der Waals surface area contributed by atoms with Crippen LogP contribution in [0, 0.1) is 12.7 Å². The number of ether oxygens (including phenoxy) is 1. The van der Waals surface area contributed by atoms with Gasteiger partial charge in [-0.2, -0.15) is 0 Å². The molecule has 0 radical (unpaired) electrons. The highest BCUT2D eigenvalue weighted by Gasteiger charge is 2.18. The minimum atomic E-state index is -3.58. The molecule has 0 aliphatic heterocycles. The number of nitrogens with zero attached hydrogens (tertiary/aromatic N) is 3. The van der Waals surface area contributed by atoms with Gasteiger partial charge in [-0.15, -0.1) is 0 Å². The Morgan fingerprint density at radius 2 is 1.74 bits per heavy atom. The van der Waals surface area contributed by atoms with Crippen LogP contribution >= 0.6 is 0 Å². The van der Waals surface area contributed by atoms with Crippen LogP contribution in [0.25, 0.3) is 22.0 Å². The van der Waals surface area contributed by atoms with Crippen molar-refractivity contribution in [2.45, 2.75) is 17.6 Å². The van der Waals surface area contributed by atoms with Crippen LogP contribution < -0.4 is 4.74 Å². The zero-order chi connectivity index (χ0) is 24.4. The van der Waals surface area contributed by atoms with Crippen molar-refractivity contribution in [1.82, 2.24) is 15.0 Å². The number of sulfone groups is 1. The van der Waals surface area contributed by atoms with E-state index in [9.17, 15) is 12.8 Å². The van der Waals surface area contributed by atoms with Gasteiger partial charge < -0.3 is 4.74 Å². The molecular weight excluding hydrogens is 465 g/mol. The summed E-state index contributed by atoms with van der Waals surface area (Å²) in [6, 6.07) is 19.9. The van der Waals surface area contributed by atoms with E-state index in [4.69, 9.17) is 4.74 Å². The Morgan fingerprint density at radius 1 is 0.886 bits per heavy atom. The summed E-state index contributed by atoms with van der Waals surface area (Å²) >= 11 is 0. The fraction of sp³-hybridized carbons (Fsp3) is 0.0741. The largest absolute Gasteiger partial charge is 0.457 e. The standard InChI is InChI=1S/C27H20FN3O3S/c1-18-13-23(34-22-4-2-3-20(28)15-22)5-7-25(18)27-26-8-6-24(14-19(26)9-12-30-27)35(32,33)16-21-10-11-29-17-31-21/h2-15,17H,16H2,1H3. The van der Waals surface area contributed by atoms with Gasteiger partial charge in [-0.05, 0) is 72.5 Å². The molecule has 2 heterocycles. The molecule has 0 fully saturated rings. The zero-order valence-electron chi connectivity index (χ0n) is 18.7. The van der Waals surface area contributed by atoms with Crippen molar-refractivity contribution in [3.05, 3.63) is 109 Å². The first kappa shape index (κ1) is 22.6. The molecule has 0 aliphatic carbocycles. The molecule has 0 N–H and O–H groups in total. The lowest BCUT2D eigenvalue weighted by Crippen LogP contribution is -2.06. The molecule has 0 bridgehead atoms. The van der Waals surface area contributed by atoms with Crippen molar-refractivity contribution in [2.75, 3.05) is 0 Å². The Kier molecular flexibility index (Phi) is 5.96. The molecule has 0 unspecified atom stereocenters. The van der Waals surface area contributed by atoms with Gasteiger partial charge in [-0.25, -0.2) is 22.8 Å². The summed E-state index contributed by atoms with van der Waals surface area (Å²) in [7, 11) is -3.58. The first-order chi connectivity index (χ1) is 16.9. The Balaban J connectivity index is 1.47. The average Bonchev–Trinajstić information content (AvgIpc) is 2.84. The van der Waals surface area contributed by atoms with Crippen LogP contribution in [-0.2, 0) is 15.6 Å². The van der Waals surface area contributed by atoms with Gasteiger partial charge >= 0.3 is 0 Å². The van der Waals surface area contributed by atoms with E-state index in [0.29, 0.717) is 17.2 Å². The number of rotatable bonds is 6. The summed E-state index contributed by atoms with van der Waals surface area (Å²) in [6.07, 6.45) is 4.52. The van der Waals surface area contributed by atoms with Gasteiger partial charge in [0.05, 0.1) is 22.0 Å². The predicted octanol–water partition coefficient (Wildman–Crippen LogP) is 5.91. The van der Waals surface area contributed by atoms with E-state index in [1.165, 1.54) is 24.7 Å². The van der Waals surface area contributed by atoms with Crippen LogP contribution in [0.3, 0.4) is 0 Å². The predicted molar refractivity (Wildman–Crippen MR) is 131 cm³/mol. The normalized spacial score (nSPS) is 11.5. The maximum Gasteiger partial charge on any atom is 0.184 e. The molecule has 6 nitrogen and oxygen atoms in total. The van der Waals surface area contributed by atoms with E-state index >= 15 is 0 Å². The zero-order valence-corrected chi connectivity index (χ0v) is 19.5. The Labute approximate surface area is 202 Å². The molecule has 0 atom stereocenters. The average molecular weight is 486 g/mol. The Morgan fingerprint density at radius 3 is 2.51 bits per heavy atom. The van der Waals surface area contributed by atoms with Crippen LogP contribution in [0.5, 0.6) is 11.5 Å². The topological polar surface area (TPSA) is 82.0 Å². The first-order valence-electron chi connectivity index (χ1n) is 10.8. The third-order valence-electron chi connectivity index (χ3n) is 5.56. The molecule has 5 aromatic rings. The number of aromatic nitrogens is 3. The highest BCUT2D eigenvalue weighted by molar-refractivity contribution is 7.90. The van der Waals surface area contributed by atoms with Crippen LogP contribution in [0.2, 0.25) is 0 Å². The van der Waals surface area contributed by atoms with Crippen molar-refractivity contribution in [3.63, 3.8) is 0 Å². The van der Waals surface area contributed by atoms with Gasteiger partial charge in [0.25, 0.3) is 0 Å².